The molecule has 1 N–H and O–H groups in total. The van der Waals surface area contributed by atoms with Gasteiger partial charge in [-0.2, -0.15) is 0 Å². The van der Waals surface area contributed by atoms with Gasteiger partial charge in [-0.15, -0.1) is 0 Å². The monoisotopic (exact) mass is 493 g/mol. The third-order valence-corrected chi connectivity index (χ3v) is 6.70. The number of esters is 1. The molecule has 0 bridgehead atoms. The topological polar surface area (TPSA) is 105 Å². The number of nitrogens with zero attached hydrogens (tertiary/aromatic N) is 2. The van der Waals surface area contributed by atoms with Crippen molar-refractivity contribution in [1.82, 2.24) is 4.90 Å². The lowest BCUT2D eigenvalue weighted by Gasteiger charge is -2.30. The molecule has 2 aliphatic heterocycles. The summed E-state index contributed by atoms with van der Waals surface area (Å²) in [5.74, 6) is -2.72. The maximum atomic E-state index is 13.2. The van der Waals surface area contributed by atoms with Crippen molar-refractivity contribution in [3.63, 3.8) is 0 Å². The van der Waals surface area contributed by atoms with Crippen LogP contribution in [-0.4, -0.2) is 67.0 Å². The fourth-order valence-electron chi connectivity index (χ4n) is 4.39. The van der Waals surface area contributed by atoms with Crippen LogP contribution in [0.15, 0.2) is 48.5 Å². The van der Waals surface area contributed by atoms with Gasteiger partial charge < -0.3 is 19.7 Å². The van der Waals surface area contributed by atoms with E-state index in [9.17, 15) is 19.2 Å². The smallest absolute Gasteiger partial charge is 0.330 e. The predicted octanol–water partition coefficient (Wildman–Crippen LogP) is 3.10. The van der Waals surface area contributed by atoms with Gasteiger partial charge in [0.15, 0.2) is 6.10 Å². The van der Waals surface area contributed by atoms with Crippen molar-refractivity contribution in [2.45, 2.75) is 39.3 Å². The summed E-state index contributed by atoms with van der Waals surface area (Å²) in [5, 5.41) is 2.75. The normalized spacial score (nSPS) is 17.9. The second-order valence-electron chi connectivity index (χ2n) is 9.07. The van der Waals surface area contributed by atoms with Gasteiger partial charge in [0.1, 0.15) is 6.04 Å². The average Bonchev–Trinajstić information content (AvgIpc) is 3.15. The van der Waals surface area contributed by atoms with Gasteiger partial charge in [-0.1, -0.05) is 32.4 Å². The average molecular weight is 494 g/mol. The number of hydrogen-bond acceptors (Lipinski definition) is 7. The van der Waals surface area contributed by atoms with Crippen molar-refractivity contribution < 1.29 is 28.7 Å². The molecule has 2 aromatic rings. The third-order valence-electron chi connectivity index (χ3n) is 6.70. The van der Waals surface area contributed by atoms with Crippen molar-refractivity contribution in [2.75, 3.05) is 36.5 Å². The molecule has 4 rings (SSSR count). The van der Waals surface area contributed by atoms with Crippen LogP contribution in [0.25, 0.3) is 0 Å². The fraction of sp³-hybridized carbons (Fsp3) is 0.407. The largest absolute Gasteiger partial charge is 0.451 e. The zero-order valence-electron chi connectivity index (χ0n) is 20.7. The number of carbonyl (C=O) groups is 4. The van der Waals surface area contributed by atoms with Gasteiger partial charge in [-0.05, 0) is 49.2 Å². The summed E-state index contributed by atoms with van der Waals surface area (Å²) < 4.78 is 10.9. The van der Waals surface area contributed by atoms with Crippen LogP contribution in [0.4, 0.5) is 11.4 Å². The fourth-order valence-corrected chi connectivity index (χ4v) is 4.39. The lowest BCUT2D eigenvalue weighted by atomic mass is 9.97. The molecule has 36 heavy (non-hydrogen) atoms. The number of fused-ring (bicyclic) bond motifs is 1. The van der Waals surface area contributed by atoms with E-state index in [0.29, 0.717) is 25.3 Å². The maximum Gasteiger partial charge on any atom is 0.330 e. The van der Waals surface area contributed by atoms with Crippen LogP contribution in [0.3, 0.4) is 0 Å². The Morgan fingerprint density at radius 2 is 1.56 bits per heavy atom. The van der Waals surface area contributed by atoms with Gasteiger partial charge in [-0.25, -0.2) is 4.79 Å². The molecular formula is C27H31N3O6. The summed E-state index contributed by atoms with van der Waals surface area (Å²) in [4.78, 5) is 55.1. The van der Waals surface area contributed by atoms with Crippen LogP contribution in [0.5, 0.6) is 0 Å². The summed E-state index contributed by atoms with van der Waals surface area (Å²) in [6, 6.07) is 12.7. The third kappa shape index (κ3) is 5.11. The first-order valence-electron chi connectivity index (χ1n) is 12.2. The van der Waals surface area contributed by atoms with Crippen molar-refractivity contribution in [3.8, 4) is 0 Å². The minimum Gasteiger partial charge on any atom is -0.451 e. The summed E-state index contributed by atoms with van der Waals surface area (Å²) >= 11 is 0. The van der Waals surface area contributed by atoms with Gasteiger partial charge in [0.05, 0.1) is 24.3 Å². The Balaban J connectivity index is 1.41. The molecule has 0 aromatic heterocycles. The Kier molecular flexibility index (Phi) is 7.69. The van der Waals surface area contributed by atoms with Gasteiger partial charge in [0, 0.05) is 24.5 Å². The van der Waals surface area contributed by atoms with Crippen molar-refractivity contribution >= 4 is 35.1 Å². The molecule has 190 valence electrons. The number of morpholine rings is 1. The standard InChI is InChI=1S/C27H31N3O6/c1-4-17(2)23(30-25(32)21-7-5-6-8-22(21)26(30)33)27(34)36-18(3)24(31)28-19-9-11-20(12-10-19)29-13-15-35-16-14-29/h5-12,17-18,23H,4,13-16H2,1-3H3,(H,28,31)/t17-,18-,23-/m0/s1. The van der Waals surface area contributed by atoms with E-state index in [0.717, 1.165) is 23.7 Å². The number of hydrogen-bond donors (Lipinski definition) is 1. The number of imide groups is 1. The van der Waals surface area contributed by atoms with Crippen molar-refractivity contribution in [2.24, 2.45) is 5.92 Å². The molecule has 0 spiro atoms. The molecule has 1 saturated heterocycles. The molecule has 9 nitrogen and oxygen atoms in total. The molecule has 2 heterocycles. The molecule has 2 aliphatic rings. The van der Waals surface area contributed by atoms with E-state index in [1.807, 2.05) is 19.1 Å². The van der Waals surface area contributed by atoms with Gasteiger partial charge in [-0.3, -0.25) is 19.3 Å². The van der Waals surface area contributed by atoms with Gasteiger partial charge >= 0.3 is 5.97 Å². The summed E-state index contributed by atoms with van der Waals surface area (Å²) in [5.41, 5.74) is 2.12. The first-order valence-corrected chi connectivity index (χ1v) is 12.2. The van der Waals surface area contributed by atoms with Crippen LogP contribution >= 0.6 is 0 Å². The molecule has 1 fully saturated rings. The van der Waals surface area contributed by atoms with Crippen molar-refractivity contribution in [3.05, 3.63) is 59.7 Å². The van der Waals surface area contributed by atoms with E-state index in [-0.39, 0.29) is 17.0 Å². The molecule has 2 aromatic carbocycles. The molecule has 0 saturated carbocycles. The van der Waals surface area contributed by atoms with Crippen LogP contribution in [0.1, 0.15) is 47.9 Å². The first kappa shape index (κ1) is 25.4. The number of benzene rings is 2. The Hall–Kier alpha value is -3.72. The van der Waals surface area contributed by atoms with Crippen molar-refractivity contribution in [1.29, 1.82) is 0 Å². The highest BCUT2D eigenvalue weighted by Gasteiger charge is 2.45. The highest BCUT2D eigenvalue weighted by atomic mass is 16.5. The predicted molar refractivity (Wildman–Crippen MR) is 134 cm³/mol. The maximum absolute atomic E-state index is 13.2. The number of nitrogens with one attached hydrogen (secondary N) is 1. The summed E-state index contributed by atoms with van der Waals surface area (Å²) in [6.45, 7) is 8.08. The molecule has 9 heteroatoms. The second kappa shape index (κ2) is 10.9. The van der Waals surface area contributed by atoms with Gasteiger partial charge in [0.25, 0.3) is 17.7 Å². The van der Waals surface area contributed by atoms with E-state index >= 15 is 0 Å². The zero-order valence-corrected chi connectivity index (χ0v) is 20.7. The number of rotatable bonds is 8. The van der Waals surface area contributed by atoms with E-state index < -0.39 is 35.8 Å². The van der Waals surface area contributed by atoms with Crippen LogP contribution < -0.4 is 10.2 Å². The van der Waals surface area contributed by atoms with E-state index in [1.54, 1.807) is 43.3 Å². The molecule has 3 amide bonds. The molecule has 0 radical (unpaired) electrons. The second-order valence-corrected chi connectivity index (χ2v) is 9.07. The SMILES string of the molecule is CC[C@H](C)[C@@H](C(=O)O[C@@H](C)C(=O)Nc1ccc(N2CCOCC2)cc1)N1C(=O)c2ccccc2C1=O. The lowest BCUT2D eigenvalue weighted by molar-refractivity contribution is -0.158. The number of amides is 3. The molecule has 0 unspecified atom stereocenters. The zero-order chi connectivity index (χ0) is 25.8. The Labute approximate surface area is 210 Å². The Morgan fingerprint density at radius 3 is 2.11 bits per heavy atom. The highest BCUT2D eigenvalue weighted by molar-refractivity contribution is 6.22. The minimum atomic E-state index is -1.13. The summed E-state index contributed by atoms with van der Waals surface area (Å²) in [6.07, 6.45) is -0.596. The Morgan fingerprint density at radius 1 is 0.972 bits per heavy atom. The van der Waals surface area contributed by atoms with E-state index in [1.165, 1.54) is 6.92 Å². The number of carbonyl (C=O) groups excluding carboxylic acids is 4. The van der Waals surface area contributed by atoms with Crippen LogP contribution in [-0.2, 0) is 19.1 Å². The number of anilines is 2. The molecular weight excluding hydrogens is 462 g/mol. The minimum absolute atomic E-state index is 0.259. The molecule has 3 atom stereocenters. The molecule has 0 aliphatic carbocycles. The quantitative estimate of drug-likeness (QED) is 0.445. The summed E-state index contributed by atoms with van der Waals surface area (Å²) in [7, 11) is 0. The van der Waals surface area contributed by atoms with Crippen LogP contribution in [0, 0.1) is 5.92 Å². The van der Waals surface area contributed by atoms with E-state index in [2.05, 4.69) is 10.2 Å². The van der Waals surface area contributed by atoms with E-state index in [4.69, 9.17) is 9.47 Å². The highest BCUT2D eigenvalue weighted by Crippen LogP contribution is 2.29. The Bertz CT molecular complexity index is 1110. The van der Waals surface area contributed by atoms with Gasteiger partial charge in [0.2, 0.25) is 0 Å². The lowest BCUT2D eigenvalue weighted by Crippen LogP contribution is -2.50. The van der Waals surface area contributed by atoms with Crippen LogP contribution in [0.2, 0.25) is 0 Å². The number of ether oxygens (including phenoxy) is 2. The first-order chi connectivity index (χ1) is 17.3.